The Kier molecular flexibility index (Phi) is 5.75. The molecule has 5 nitrogen and oxygen atoms in total. The van der Waals surface area contributed by atoms with Crippen molar-refractivity contribution in [2.75, 3.05) is 13.1 Å². The lowest BCUT2D eigenvalue weighted by atomic mass is 10.1. The van der Waals surface area contributed by atoms with Gasteiger partial charge in [-0.1, -0.05) is 29.6 Å². The first kappa shape index (κ1) is 15.5. The van der Waals surface area contributed by atoms with E-state index >= 15 is 0 Å². The maximum atomic E-state index is 11.9. The maximum Gasteiger partial charge on any atom is 0.226 e. The van der Waals surface area contributed by atoms with Crippen LogP contribution in [-0.4, -0.2) is 24.2 Å². The lowest BCUT2D eigenvalue weighted by Gasteiger charge is -2.04. The van der Waals surface area contributed by atoms with Crippen molar-refractivity contribution in [1.29, 1.82) is 0 Å². The number of unbranched alkanes of at least 4 members (excludes halogenated alkanes) is 3. The van der Waals surface area contributed by atoms with E-state index in [0.717, 1.165) is 48.8 Å². The summed E-state index contributed by atoms with van der Waals surface area (Å²) in [6.45, 7) is 3.46. The van der Waals surface area contributed by atoms with E-state index in [1.165, 1.54) is 0 Å². The summed E-state index contributed by atoms with van der Waals surface area (Å²) < 4.78 is 5.23. The van der Waals surface area contributed by atoms with Crippen LogP contribution in [0.2, 0.25) is 0 Å². The third kappa shape index (κ3) is 4.56. The third-order valence-corrected chi connectivity index (χ3v) is 3.48. The standard InChI is InChI=1S/C16H23N3O2/c1-12-6-7-15-13(10-12)14(19-21-15)11-16(20)18-9-5-3-2-4-8-17/h6-7,10H,2-5,8-9,11,17H2,1H3,(H,18,20). The average molecular weight is 289 g/mol. The van der Waals surface area contributed by atoms with Gasteiger partial charge in [0.25, 0.3) is 0 Å². The number of benzene rings is 1. The summed E-state index contributed by atoms with van der Waals surface area (Å²) in [4.78, 5) is 11.9. The van der Waals surface area contributed by atoms with E-state index in [0.29, 0.717) is 12.2 Å². The molecule has 1 heterocycles. The third-order valence-electron chi connectivity index (χ3n) is 3.48. The van der Waals surface area contributed by atoms with Crippen LogP contribution in [0.3, 0.4) is 0 Å². The molecule has 0 radical (unpaired) electrons. The van der Waals surface area contributed by atoms with Crippen molar-refractivity contribution in [2.45, 2.75) is 39.0 Å². The number of hydrogen-bond donors (Lipinski definition) is 2. The number of aryl methyl sites for hydroxylation is 1. The van der Waals surface area contributed by atoms with E-state index in [2.05, 4.69) is 10.5 Å². The summed E-state index contributed by atoms with van der Waals surface area (Å²) in [6.07, 6.45) is 4.53. The van der Waals surface area contributed by atoms with Crippen molar-refractivity contribution in [3.05, 3.63) is 29.5 Å². The smallest absolute Gasteiger partial charge is 0.226 e. The molecular weight excluding hydrogens is 266 g/mol. The number of amides is 1. The zero-order chi connectivity index (χ0) is 15.1. The molecule has 0 saturated heterocycles. The molecule has 0 aliphatic heterocycles. The van der Waals surface area contributed by atoms with Gasteiger partial charge in [0.15, 0.2) is 5.58 Å². The first-order valence-corrected chi connectivity index (χ1v) is 7.52. The van der Waals surface area contributed by atoms with Crippen molar-refractivity contribution >= 4 is 16.9 Å². The number of rotatable bonds is 8. The second kappa shape index (κ2) is 7.78. The number of fused-ring (bicyclic) bond motifs is 1. The first-order chi connectivity index (χ1) is 10.2. The van der Waals surface area contributed by atoms with E-state index in [4.69, 9.17) is 10.3 Å². The molecule has 1 aromatic carbocycles. The topological polar surface area (TPSA) is 81.2 Å². The van der Waals surface area contributed by atoms with Crippen molar-refractivity contribution in [3.63, 3.8) is 0 Å². The SMILES string of the molecule is Cc1ccc2onc(CC(=O)NCCCCCCN)c2c1. The Balaban J connectivity index is 1.80. The molecule has 0 unspecified atom stereocenters. The van der Waals surface area contributed by atoms with Gasteiger partial charge in [0.1, 0.15) is 5.69 Å². The largest absolute Gasteiger partial charge is 0.356 e. The highest BCUT2D eigenvalue weighted by Crippen LogP contribution is 2.20. The molecule has 0 aliphatic carbocycles. The molecule has 5 heteroatoms. The Labute approximate surface area is 124 Å². The lowest BCUT2D eigenvalue weighted by molar-refractivity contribution is -0.120. The number of nitrogens with zero attached hydrogens (tertiary/aromatic N) is 1. The van der Waals surface area contributed by atoms with Gasteiger partial charge in [-0.25, -0.2) is 0 Å². The van der Waals surface area contributed by atoms with Crippen LogP contribution in [0.25, 0.3) is 11.0 Å². The number of hydrogen-bond acceptors (Lipinski definition) is 4. The van der Waals surface area contributed by atoms with Crippen molar-refractivity contribution < 1.29 is 9.32 Å². The second-order valence-electron chi connectivity index (χ2n) is 5.36. The molecule has 0 saturated carbocycles. The summed E-state index contributed by atoms with van der Waals surface area (Å²) in [5, 5.41) is 7.84. The van der Waals surface area contributed by atoms with Crippen LogP contribution in [-0.2, 0) is 11.2 Å². The Bertz CT molecular complexity index is 592. The Morgan fingerprint density at radius 1 is 1.29 bits per heavy atom. The molecule has 2 rings (SSSR count). The van der Waals surface area contributed by atoms with Gasteiger partial charge in [0.2, 0.25) is 5.91 Å². The second-order valence-corrected chi connectivity index (χ2v) is 5.36. The van der Waals surface area contributed by atoms with Gasteiger partial charge in [0, 0.05) is 11.9 Å². The van der Waals surface area contributed by atoms with Gasteiger partial charge in [-0.15, -0.1) is 0 Å². The van der Waals surface area contributed by atoms with Gasteiger partial charge in [-0.3, -0.25) is 4.79 Å². The van der Waals surface area contributed by atoms with Crippen LogP contribution in [0.1, 0.15) is 36.9 Å². The van der Waals surface area contributed by atoms with E-state index < -0.39 is 0 Å². The number of carbonyl (C=O) groups is 1. The van der Waals surface area contributed by atoms with E-state index in [1.54, 1.807) is 0 Å². The summed E-state index contributed by atoms with van der Waals surface area (Å²) in [7, 11) is 0. The molecule has 21 heavy (non-hydrogen) atoms. The van der Waals surface area contributed by atoms with Crippen LogP contribution in [0, 0.1) is 6.92 Å². The van der Waals surface area contributed by atoms with Gasteiger partial charge in [0.05, 0.1) is 6.42 Å². The number of nitrogens with two attached hydrogens (primary N) is 1. The highest BCUT2D eigenvalue weighted by molar-refractivity contribution is 5.86. The fourth-order valence-corrected chi connectivity index (χ4v) is 2.30. The highest BCUT2D eigenvalue weighted by Gasteiger charge is 2.12. The fraction of sp³-hybridized carbons (Fsp3) is 0.500. The molecule has 0 aliphatic rings. The quantitative estimate of drug-likeness (QED) is 0.731. The molecule has 0 spiro atoms. The summed E-state index contributed by atoms with van der Waals surface area (Å²) in [5.41, 5.74) is 8.00. The minimum absolute atomic E-state index is 0.00877. The Hall–Kier alpha value is -1.88. The predicted molar refractivity (Wildman–Crippen MR) is 83.0 cm³/mol. The average Bonchev–Trinajstić information content (AvgIpc) is 2.85. The van der Waals surface area contributed by atoms with Crippen LogP contribution in [0.15, 0.2) is 22.7 Å². The molecule has 0 bridgehead atoms. The monoisotopic (exact) mass is 289 g/mol. The normalized spacial score (nSPS) is 11.0. The number of nitrogens with one attached hydrogen (secondary N) is 1. The van der Waals surface area contributed by atoms with Crippen LogP contribution in [0.5, 0.6) is 0 Å². The van der Waals surface area contributed by atoms with E-state index in [-0.39, 0.29) is 12.3 Å². The molecule has 2 aromatic rings. The first-order valence-electron chi connectivity index (χ1n) is 7.52. The predicted octanol–water partition coefficient (Wildman–Crippen LogP) is 2.31. The van der Waals surface area contributed by atoms with Gasteiger partial charge in [-0.05, 0) is 38.4 Å². The van der Waals surface area contributed by atoms with Crippen molar-refractivity contribution in [2.24, 2.45) is 5.73 Å². The lowest BCUT2D eigenvalue weighted by Crippen LogP contribution is -2.26. The highest BCUT2D eigenvalue weighted by atomic mass is 16.5. The minimum atomic E-state index is -0.00877. The van der Waals surface area contributed by atoms with Gasteiger partial charge >= 0.3 is 0 Å². The van der Waals surface area contributed by atoms with Crippen LogP contribution in [0.4, 0.5) is 0 Å². The molecule has 3 N–H and O–H groups in total. The molecule has 1 amide bonds. The summed E-state index contributed by atoms with van der Waals surface area (Å²) in [6, 6.07) is 5.86. The van der Waals surface area contributed by atoms with Gasteiger partial charge < -0.3 is 15.6 Å². The molecular formula is C16H23N3O2. The maximum absolute atomic E-state index is 11.9. The van der Waals surface area contributed by atoms with E-state index in [1.807, 2.05) is 25.1 Å². The van der Waals surface area contributed by atoms with Crippen molar-refractivity contribution in [1.82, 2.24) is 10.5 Å². The van der Waals surface area contributed by atoms with Gasteiger partial charge in [-0.2, -0.15) is 0 Å². The molecule has 0 fully saturated rings. The van der Waals surface area contributed by atoms with Crippen LogP contribution < -0.4 is 11.1 Å². The Morgan fingerprint density at radius 3 is 2.90 bits per heavy atom. The fourth-order valence-electron chi connectivity index (χ4n) is 2.30. The minimum Gasteiger partial charge on any atom is -0.356 e. The summed E-state index contributed by atoms with van der Waals surface area (Å²) in [5.74, 6) is -0.00877. The molecule has 0 atom stereocenters. The Morgan fingerprint density at radius 2 is 2.10 bits per heavy atom. The van der Waals surface area contributed by atoms with E-state index in [9.17, 15) is 4.79 Å². The number of aromatic nitrogens is 1. The zero-order valence-electron chi connectivity index (χ0n) is 12.5. The van der Waals surface area contributed by atoms with Crippen LogP contribution >= 0.6 is 0 Å². The number of carbonyl (C=O) groups excluding carboxylic acids is 1. The van der Waals surface area contributed by atoms with Crippen molar-refractivity contribution in [3.8, 4) is 0 Å². The summed E-state index contributed by atoms with van der Waals surface area (Å²) >= 11 is 0. The molecule has 114 valence electrons. The molecule has 1 aromatic heterocycles. The zero-order valence-corrected chi connectivity index (χ0v) is 12.5.